The summed E-state index contributed by atoms with van der Waals surface area (Å²) in [5.41, 5.74) is 1.81. The van der Waals surface area contributed by atoms with Crippen LogP contribution in [0.4, 0.5) is 5.69 Å². The van der Waals surface area contributed by atoms with Gasteiger partial charge in [0, 0.05) is 24.2 Å². The molecule has 6 nitrogen and oxygen atoms in total. The number of nitro groups is 1. The van der Waals surface area contributed by atoms with Gasteiger partial charge >= 0.3 is 0 Å². The Morgan fingerprint density at radius 1 is 1.38 bits per heavy atom. The molecule has 0 saturated heterocycles. The number of rotatable bonds is 6. The van der Waals surface area contributed by atoms with Crippen molar-refractivity contribution in [3.8, 4) is 10.6 Å². The maximum Gasteiger partial charge on any atom is 0.270 e. The molecular formula is C14H18N4O2S. The molecule has 0 spiro atoms. The van der Waals surface area contributed by atoms with Crippen molar-refractivity contribution in [2.45, 2.75) is 27.3 Å². The van der Waals surface area contributed by atoms with E-state index in [2.05, 4.69) is 29.4 Å². The fourth-order valence-corrected chi connectivity index (χ4v) is 2.75. The number of nitro benzene ring substituents is 1. The number of hydrogen-bond donors (Lipinski definition) is 1. The van der Waals surface area contributed by atoms with E-state index in [1.54, 1.807) is 12.1 Å². The molecule has 2 rings (SSSR count). The van der Waals surface area contributed by atoms with Gasteiger partial charge in [-0.1, -0.05) is 31.3 Å². The molecule has 0 fully saturated rings. The zero-order chi connectivity index (χ0) is 15.4. The van der Waals surface area contributed by atoms with Gasteiger partial charge in [0.1, 0.15) is 10.0 Å². The van der Waals surface area contributed by atoms with E-state index in [-0.39, 0.29) is 5.69 Å². The van der Waals surface area contributed by atoms with Crippen molar-refractivity contribution >= 4 is 17.0 Å². The highest BCUT2D eigenvalue weighted by molar-refractivity contribution is 7.14. The van der Waals surface area contributed by atoms with Crippen molar-refractivity contribution < 1.29 is 4.92 Å². The lowest BCUT2D eigenvalue weighted by Crippen LogP contribution is -2.18. The molecule has 0 atom stereocenters. The summed E-state index contributed by atoms with van der Waals surface area (Å²) in [4.78, 5) is 10.5. The van der Waals surface area contributed by atoms with Gasteiger partial charge in [-0.05, 0) is 24.9 Å². The smallest absolute Gasteiger partial charge is 0.270 e. The third-order valence-electron chi connectivity index (χ3n) is 2.96. The Hall–Kier alpha value is -1.86. The van der Waals surface area contributed by atoms with E-state index in [0.29, 0.717) is 12.5 Å². The average Bonchev–Trinajstić information content (AvgIpc) is 2.87. The zero-order valence-electron chi connectivity index (χ0n) is 12.3. The monoisotopic (exact) mass is 306 g/mol. The molecule has 21 heavy (non-hydrogen) atoms. The van der Waals surface area contributed by atoms with Crippen molar-refractivity contribution in [2.75, 3.05) is 6.54 Å². The van der Waals surface area contributed by atoms with Gasteiger partial charge in [-0.3, -0.25) is 10.1 Å². The average molecular weight is 306 g/mol. The summed E-state index contributed by atoms with van der Waals surface area (Å²) in [6.45, 7) is 7.79. The predicted molar refractivity (Wildman–Crippen MR) is 83.3 cm³/mol. The molecule has 0 amide bonds. The van der Waals surface area contributed by atoms with E-state index >= 15 is 0 Å². The Morgan fingerprint density at radius 2 is 2.14 bits per heavy atom. The molecule has 1 aromatic heterocycles. The normalized spacial score (nSPS) is 11.0. The molecule has 0 bridgehead atoms. The van der Waals surface area contributed by atoms with Crippen LogP contribution in [0.15, 0.2) is 18.2 Å². The first kappa shape index (κ1) is 15.5. The minimum Gasteiger partial charge on any atom is -0.310 e. The first-order valence-electron chi connectivity index (χ1n) is 6.76. The lowest BCUT2D eigenvalue weighted by atomic mass is 10.1. The zero-order valence-corrected chi connectivity index (χ0v) is 13.1. The fourth-order valence-electron chi connectivity index (χ4n) is 1.86. The van der Waals surface area contributed by atoms with E-state index in [4.69, 9.17) is 0 Å². The Kier molecular flexibility index (Phi) is 4.98. The maximum absolute atomic E-state index is 10.9. The molecule has 0 radical (unpaired) electrons. The molecule has 0 aliphatic rings. The summed E-state index contributed by atoms with van der Waals surface area (Å²) < 4.78 is 0. The summed E-state index contributed by atoms with van der Waals surface area (Å²) >= 11 is 1.46. The quantitative estimate of drug-likeness (QED) is 0.655. The van der Waals surface area contributed by atoms with E-state index in [1.807, 2.05) is 6.92 Å². The number of nitrogens with zero attached hydrogens (tertiary/aromatic N) is 3. The van der Waals surface area contributed by atoms with Crippen molar-refractivity contribution in [1.82, 2.24) is 15.5 Å². The van der Waals surface area contributed by atoms with Crippen LogP contribution in [-0.2, 0) is 6.54 Å². The molecule has 7 heteroatoms. The van der Waals surface area contributed by atoms with Crippen molar-refractivity contribution in [3.63, 3.8) is 0 Å². The second-order valence-corrected chi connectivity index (χ2v) is 6.34. The van der Waals surface area contributed by atoms with Gasteiger partial charge in [-0.25, -0.2) is 0 Å². The topological polar surface area (TPSA) is 81.0 Å². The highest BCUT2D eigenvalue weighted by Gasteiger charge is 2.14. The molecule has 1 N–H and O–H groups in total. The van der Waals surface area contributed by atoms with E-state index in [9.17, 15) is 10.1 Å². The lowest BCUT2D eigenvalue weighted by Gasteiger charge is -2.04. The first-order chi connectivity index (χ1) is 9.97. The maximum atomic E-state index is 10.9. The first-order valence-corrected chi connectivity index (χ1v) is 7.57. The van der Waals surface area contributed by atoms with E-state index in [1.165, 1.54) is 17.4 Å². The molecule has 2 aromatic rings. The molecule has 112 valence electrons. The van der Waals surface area contributed by atoms with Crippen LogP contribution >= 0.6 is 11.3 Å². The van der Waals surface area contributed by atoms with Crippen LogP contribution in [0.3, 0.4) is 0 Å². The van der Waals surface area contributed by atoms with Crippen LogP contribution < -0.4 is 5.32 Å². The van der Waals surface area contributed by atoms with Gasteiger partial charge in [0.25, 0.3) is 5.69 Å². The van der Waals surface area contributed by atoms with Crippen LogP contribution in [0.25, 0.3) is 10.6 Å². The Morgan fingerprint density at radius 3 is 2.81 bits per heavy atom. The number of non-ortho nitro benzene ring substituents is 1. The predicted octanol–water partition coefficient (Wildman–Crippen LogP) is 3.17. The Labute approximate surface area is 127 Å². The highest BCUT2D eigenvalue weighted by Crippen LogP contribution is 2.29. The minimum atomic E-state index is -0.394. The minimum absolute atomic E-state index is 0.0743. The van der Waals surface area contributed by atoms with Gasteiger partial charge in [-0.2, -0.15) is 0 Å². The summed E-state index contributed by atoms with van der Waals surface area (Å²) in [5.74, 6) is 0.580. The highest BCUT2D eigenvalue weighted by atomic mass is 32.1. The summed E-state index contributed by atoms with van der Waals surface area (Å²) in [7, 11) is 0. The van der Waals surface area contributed by atoms with Gasteiger partial charge in [0.15, 0.2) is 0 Å². The largest absolute Gasteiger partial charge is 0.310 e. The summed E-state index contributed by atoms with van der Waals surface area (Å²) in [6, 6.07) is 4.80. The summed E-state index contributed by atoms with van der Waals surface area (Å²) in [6.07, 6.45) is 0. The van der Waals surface area contributed by atoms with Gasteiger partial charge in [0.2, 0.25) is 0 Å². The summed E-state index contributed by atoms with van der Waals surface area (Å²) in [5, 5.41) is 24.1. The van der Waals surface area contributed by atoms with Gasteiger partial charge in [0.05, 0.1) is 4.92 Å². The van der Waals surface area contributed by atoms with E-state index < -0.39 is 4.92 Å². The fraction of sp³-hybridized carbons (Fsp3) is 0.429. The van der Waals surface area contributed by atoms with Crippen molar-refractivity contribution in [1.29, 1.82) is 0 Å². The second kappa shape index (κ2) is 6.73. The molecular weight excluding hydrogens is 288 g/mol. The molecule has 0 unspecified atom stereocenters. The van der Waals surface area contributed by atoms with Gasteiger partial charge < -0.3 is 5.32 Å². The molecule has 0 saturated carbocycles. The molecule has 0 aliphatic carbocycles. The third-order valence-corrected chi connectivity index (χ3v) is 3.91. The second-order valence-electron chi connectivity index (χ2n) is 5.28. The number of nitrogens with one attached hydrogen (secondary N) is 1. The Balaban J connectivity index is 2.17. The van der Waals surface area contributed by atoms with Crippen LogP contribution in [0.2, 0.25) is 0 Å². The van der Waals surface area contributed by atoms with Crippen LogP contribution in [0, 0.1) is 23.0 Å². The molecule has 1 aromatic carbocycles. The van der Waals surface area contributed by atoms with Crippen LogP contribution in [0.5, 0.6) is 0 Å². The SMILES string of the molecule is Cc1ccc([N+](=O)[O-])cc1-c1nnc(CNCC(C)C)s1. The number of aryl methyl sites for hydroxylation is 1. The van der Waals surface area contributed by atoms with Crippen molar-refractivity contribution in [2.24, 2.45) is 5.92 Å². The number of aromatic nitrogens is 2. The van der Waals surface area contributed by atoms with Gasteiger partial charge in [-0.15, -0.1) is 10.2 Å². The number of benzene rings is 1. The lowest BCUT2D eigenvalue weighted by molar-refractivity contribution is -0.384. The number of hydrogen-bond acceptors (Lipinski definition) is 6. The molecule has 1 heterocycles. The Bertz CT molecular complexity index is 640. The third kappa shape index (κ3) is 4.05. The van der Waals surface area contributed by atoms with Crippen LogP contribution in [-0.4, -0.2) is 21.7 Å². The van der Waals surface area contributed by atoms with Crippen molar-refractivity contribution in [3.05, 3.63) is 38.9 Å². The molecule has 0 aliphatic heterocycles. The van der Waals surface area contributed by atoms with E-state index in [0.717, 1.165) is 27.7 Å². The van der Waals surface area contributed by atoms with Crippen LogP contribution in [0.1, 0.15) is 24.4 Å². The standard InChI is InChI=1S/C14H18N4O2S/c1-9(2)7-15-8-13-16-17-14(21-13)12-6-11(18(19)20)5-4-10(12)3/h4-6,9,15H,7-8H2,1-3H3.